The molecule has 1 fully saturated rings. The van der Waals surface area contributed by atoms with Gasteiger partial charge in [-0.15, -0.1) is 0 Å². The lowest BCUT2D eigenvalue weighted by atomic mass is 9.66. The highest BCUT2D eigenvalue weighted by Crippen LogP contribution is 2.43. The summed E-state index contributed by atoms with van der Waals surface area (Å²) in [7, 11) is 5.09. The van der Waals surface area contributed by atoms with E-state index in [9.17, 15) is 9.18 Å². The van der Waals surface area contributed by atoms with E-state index >= 15 is 0 Å². The molecule has 4 heterocycles. The zero-order valence-corrected chi connectivity index (χ0v) is 18.3. The molecule has 1 aliphatic carbocycles. The largest absolute Gasteiger partial charge is 0.480 e. The van der Waals surface area contributed by atoms with E-state index in [2.05, 4.69) is 25.3 Å². The Kier molecular flexibility index (Phi) is 4.54. The Morgan fingerprint density at radius 1 is 1.38 bits per heavy atom. The summed E-state index contributed by atoms with van der Waals surface area (Å²) >= 11 is 0. The molecule has 1 amide bonds. The second-order valence-corrected chi connectivity index (χ2v) is 8.73. The molecular weight excluding hydrogens is 413 g/mol. The number of ether oxygens (including phenoxy) is 1. The average Bonchev–Trinajstić information content (AvgIpc) is 3.38. The maximum atomic E-state index is 14.5. The van der Waals surface area contributed by atoms with Crippen LogP contribution in [0.3, 0.4) is 0 Å². The standard InChI is InChI=1S/C22H24FN7O2/c1-22(20(31)29(2)3)8-13(9-22)26-21-27-17-16(19(28-21)32-4)14(10-25-17)12-7-15(23)18-24-5-6-30(18)11-12/h5-7,10-11,13H,8-9H2,1-4H3,(H2,25,26,27,28)/t13-,22-. The highest BCUT2D eigenvalue weighted by Gasteiger charge is 2.47. The second kappa shape index (κ2) is 7.18. The van der Waals surface area contributed by atoms with Crippen molar-refractivity contribution in [3.8, 4) is 17.0 Å². The Morgan fingerprint density at radius 3 is 2.88 bits per heavy atom. The van der Waals surface area contributed by atoms with Gasteiger partial charge in [-0.3, -0.25) is 4.79 Å². The molecule has 32 heavy (non-hydrogen) atoms. The van der Waals surface area contributed by atoms with Gasteiger partial charge in [0, 0.05) is 56.1 Å². The number of nitrogens with zero attached hydrogens (tertiary/aromatic N) is 5. The summed E-state index contributed by atoms with van der Waals surface area (Å²) in [6.45, 7) is 1.98. The van der Waals surface area contributed by atoms with E-state index in [-0.39, 0.29) is 23.0 Å². The summed E-state index contributed by atoms with van der Waals surface area (Å²) < 4.78 is 21.7. The lowest BCUT2D eigenvalue weighted by Crippen LogP contribution is -2.52. The van der Waals surface area contributed by atoms with E-state index in [1.165, 1.54) is 13.2 Å². The summed E-state index contributed by atoms with van der Waals surface area (Å²) in [4.78, 5) is 30.3. The van der Waals surface area contributed by atoms with Crippen molar-refractivity contribution in [1.29, 1.82) is 0 Å². The molecular formula is C22H24FN7O2. The van der Waals surface area contributed by atoms with Crippen LogP contribution >= 0.6 is 0 Å². The predicted molar refractivity (Wildman–Crippen MR) is 118 cm³/mol. The first-order valence-electron chi connectivity index (χ1n) is 10.3. The van der Waals surface area contributed by atoms with Gasteiger partial charge in [0.05, 0.1) is 17.9 Å². The van der Waals surface area contributed by atoms with Crippen molar-refractivity contribution in [2.45, 2.75) is 25.8 Å². The van der Waals surface area contributed by atoms with E-state index in [1.54, 1.807) is 48.2 Å². The number of pyridine rings is 1. The maximum Gasteiger partial charge on any atom is 0.228 e. The topological polar surface area (TPSA) is 100 Å². The molecule has 9 nitrogen and oxygen atoms in total. The van der Waals surface area contributed by atoms with E-state index < -0.39 is 5.82 Å². The number of hydrogen-bond acceptors (Lipinski definition) is 6. The fraction of sp³-hybridized carbons (Fsp3) is 0.364. The van der Waals surface area contributed by atoms with E-state index in [0.29, 0.717) is 41.3 Å². The average molecular weight is 437 g/mol. The number of anilines is 1. The van der Waals surface area contributed by atoms with Crippen molar-refractivity contribution in [2.75, 3.05) is 26.5 Å². The number of hydrogen-bond donors (Lipinski definition) is 2. The summed E-state index contributed by atoms with van der Waals surface area (Å²) in [6.07, 6.45) is 8.22. The number of amides is 1. The van der Waals surface area contributed by atoms with E-state index in [1.807, 2.05) is 6.92 Å². The van der Waals surface area contributed by atoms with Crippen LogP contribution in [0.25, 0.3) is 27.8 Å². The second-order valence-electron chi connectivity index (χ2n) is 8.73. The third-order valence-corrected chi connectivity index (χ3v) is 6.09. The van der Waals surface area contributed by atoms with Crippen molar-refractivity contribution in [3.63, 3.8) is 0 Å². The molecule has 0 aromatic carbocycles. The fourth-order valence-corrected chi connectivity index (χ4v) is 4.60. The van der Waals surface area contributed by atoms with Crippen LogP contribution in [0.15, 0.2) is 30.9 Å². The van der Waals surface area contributed by atoms with Crippen molar-refractivity contribution in [2.24, 2.45) is 5.41 Å². The normalized spacial score (nSPS) is 20.3. The zero-order valence-electron chi connectivity index (χ0n) is 18.3. The molecule has 0 saturated heterocycles. The van der Waals surface area contributed by atoms with Crippen molar-refractivity contribution >= 4 is 28.5 Å². The molecule has 0 bridgehead atoms. The van der Waals surface area contributed by atoms with Gasteiger partial charge < -0.3 is 24.3 Å². The first kappa shape index (κ1) is 20.2. The minimum atomic E-state index is -0.416. The number of aromatic amines is 1. The van der Waals surface area contributed by atoms with Crippen LogP contribution in [-0.4, -0.2) is 62.4 Å². The first-order chi connectivity index (χ1) is 15.3. The van der Waals surface area contributed by atoms with Gasteiger partial charge in [-0.1, -0.05) is 6.92 Å². The van der Waals surface area contributed by atoms with Gasteiger partial charge in [-0.05, 0) is 18.9 Å². The van der Waals surface area contributed by atoms with Crippen molar-refractivity contribution < 1.29 is 13.9 Å². The molecule has 0 aliphatic heterocycles. The molecule has 0 radical (unpaired) electrons. The molecule has 0 atom stereocenters. The van der Waals surface area contributed by atoms with Crippen LogP contribution in [0.1, 0.15) is 19.8 Å². The summed E-state index contributed by atoms with van der Waals surface area (Å²) in [6, 6.07) is 1.53. The van der Waals surface area contributed by atoms with Gasteiger partial charge in [0.25, 0.3) is 0 Å². The lowest BCUT2D eigenvalue weighted by molar-refractivity contribution is -0.143. The minimum Gasteiger partial charge on any atom is -0.480 e. The van der Waals surface area contributed by atoms with Crippen LogP contribution < -0.4 is 10.1 Å². The summed E-state index contributed by atoms with van der Waals surface area (Å²) in [5.41, 5.74) is 1.85. The number of imidazole rings is 1. The molecule has 4 aromatic heterocycles. The fourth-order valence-electron chi connectivity index (χ4n) is 4.60. The Bertz CT molecular complexity index is 1340. The number of nitrogens with one attached hydrogen (secondary N) is 2. The summed E-state index contributed by atoms with van der Waals surface area (Å²) in [5.74, 6) is 0.510. The Hall–Kier alpha value is -3.69. The highest BCUT2D eigenvalue weighted by molar-refractivity contribution is 5.97. The quantitative estimate of drug-likeness (QED) is 0.498. The number of fused-ring (bicyclic) bond motifs is 2. The van der Waals surface area contributed by atoms with Crippen molar-refractivity contribution in [1.82, 2.24) is 29.2 Å². The van der Waals surface area contributed by atoms with Crippen LogP contribution in [0, 0.1) is 11.2 Å². The molecule has 0 spiro atoms. The summed E-state index contributed by atoms with van der Waals surface area (Å²) in [5, 5.41) is 3.97. The number of aromatic nitrogens is 5. The molecule has 2 N–H and O–H groups in total. The number of methoxy groups -OCH3 is 1. The molecule has 0 unspecified atom stereocenters. The zero-order chi connectivity index (χ0) is 22.6. The molecule has 10 heteroatoms. The third kappa shape index (κ3) is 3.14. The lowest BCUT2D eigenvalue weighted by Gasteiger charge is -2.45. The smallest absolute Gasteiger partial charge is 0.228 e. The predicted octanol–water partition coefficient (Wildman–Crippen LogP) is 3.09. The number of halogens is 1. The minimum absolute atomic E-state index is 0.0956. The SMILES string of the molecule is COc1nc(N[C@H]2C[C@](C)(C(=O)N(C)C)C2)nc2[nH]cc(-c3cc(F)c4nccn4c3)c12. The van der Waals surface area contributed by atoms with Gasteiger partial charge in [-0.2, -0.15) is 9.97 Å². The Balaban J connectivity index is 1.45. The molecule has 1 aliphatic rings. The first-order valence-corrected chi connectivity index (χ1v) is 10.3. The van der Waals surface area contributed by atoms with E-state index in [4.69, 9.17) is 4.74 Å². The number of carbonyl (C=O) groups excluding carboxylic acids is 1. The van der Waals surface area contributed by atoms with Crippen LogP contribution in [0.2, 0.25) is 0 Å². The monoisotopic (exact) mass is 437 g/mol. The van der Waals surface area contributed by atoms with Crippen LogP contribution in [0.4, 0.5) is 10.3 Å². The Morgan fingerprint density at radius 2 is 2.16 bits per heavy atom. The molecule has 4 aromatic rings. The maximum absolute atomic E-state index is 14.5. The van der Waals surface area contributed by atoms with Gasteiger partial charge >= 0.3 is 0 Å². The number of H-pyrrole nitrogens is 1. The van der Waals surface area contributed by atoms with E-state index in [0.717, 1.165) is 5.56 Å². The Labute approximate surface area is 183 Å². The molecule has 5 rings (SSSR count). The third-order valence-electron chi connectivity index (χ3n) is 6.09. The number of rotatable bonds is 5. The van der Waals surface area contributed by atoms with Gasteiger partial charge in [-0.25, -0.2) is 9.37 Å². The number of carbonyl (C=O) groups is 1. The van der Waals surface area contributed by atoms with Crippen LogP contribution in [0.5, 0.6) is 5.88 Å². The van der Waals surface area contributed by atoms with Gasteiger partial charge in [0.15, 0.2) is 11.5 Å². The highest BCUT2D eigenvalue weighted by atomic mass is 19.1. The van der Waals surface area contributed by atoms with Crippen molar-refractivity contribution in [3.05, 3.63) is 36.7 Å². The van der Waals surface area contributed by atoms with Gasteiger partial charge in [0.2, 0.25) is 17.7 Å². The van der Waals surface area contributed by atoms with Gasteiger partial charge in [0.1, 0.15) is 5.65 Å². The molecule has 1 saturated carbocycles. The van der Waals surface area contributed by atoms with Crippen LogP contribution in [-0.2, 0) is 4.79 Å². The molecule has 166 valence electrons.